The molecule has 7 heteroatoms. The Bertz CT molecular complexity index is 744. The number of nitrogens with zero attached hydrogens (tertiary/aromatic N) is 5. The predicted octanol–water partition coefficient (Wildman–Crippen LogP) is 1.91. The third-order valence-electron chi connectivity index (χ3n) is 5.60. The van der Waals surface area contributed by atoms with Crippen molar-refractivity contribution in [1.82, 2.24) is 29.7 Å². The quantitative estimate of drug-likeness (QED) is 0.907. The number of likely N-dealkylation sites (tertiary alicyclic amines) is 2. The van der Waals surface area contributed by atoms with Crippen LogP contribution < -0.4 is 0 Å². The average molecular weight is 354 g/mol. The summed E-state index contributed by atoms with van der Waals surface area (Å²) in [6.07, 6.45) is 11.2. The number of carbonyl (C=O) groups excluding carboxylic acids is 1. The minimum Gasteiger partial charge on any atom is -0.348 e. The van der Waals surface area contributed by atoms with E-state index < -0.39 is 0 Å². The predicted molar refractivity (Wildman–Crippen MR) is 97.0 cm³/mol. The molecule has 2 aliphatic rings. The Balaban J connectivity index is 1.44. The first kappa shape index (κ1) is 17.1. The molecule has 1 spiro atoms. The van der Waals surface area contributed by atoms with Crippen molar-refractivity contribution in [3.8, 4) is 0 Å². The summed E-state index contributed by atoms with van der Waals surface area (Å²) in [5.74, 6) is 1.25. The van der Waals surface area contributed by atoms with Crippen LogP contribution in [0.3, 0.4) is 0 Å². The number of nitrogens with one attached hydrogen (secondary N) is 1. The maximum Gasteiger partial charge on any atom is 0.222 e. The first-order chi connectivity index (χ1) is 12.6. The van der Waals surface area contributed by atoms with Crippen LogP contribution in [0, 0.1) is 12.3 Å². The van der Waals surface area contributed by atoms with Crippen LogP contribution in [0.25, 0.3) is 0 Å². The molecule has 2 aromatic rings. The number of H-pyrrole nitrogens is 1. The van der Waals surface area contributed by atoms with E-state index in [1.807, 2.05) is 18.0 Å². The van der Waals surface area contributed by atoms with Gasteiger partial charge in [-0.2, -0.15) is 0 Å². The maximum atomic E-state index is 12.5. The van der Waals surface area contributed by atoms with Gasteiger partial charge >= 0.3 is 0 Å². The number of amides is 1. The second kappa shape index (κ2) is 7.15. The van der Waals surface area contributed by atoms with E-state index in [0.29, 0.717) is 13.0 Å². The lowest BCUT2D eigenvalue weighted by Gasteiger charge is -2.48. The molecule has 26 heavy (non-hydrogen) atoms. The Morgan fingerprint density at radius 3 is 2.85 bits per heavy atom. The molecule has 1 amide bonds. The third-order valence-corrected chi connectivity index (χ3v) is 5.60. The molecular weight excluding hydrogens is 328 g/mol. The van der Waals surface area contributed by atoms with Gasteiger partial charge in [0.25, 0.3) is 0 Å². The Morgan fingerprint density at radius 1 is 1.15 bits per heavy atom. The van der Waals surface area contributed by atoms with Crippen molar-refractivity contribution in [1.29, 1.82) is 0 Å². The largest absolute Gasteiger partial charge is 0.348 e. The van der Waals surface area contributed by atoms with E-state index >= 15 is 0 Å². The molecule has 0 unspecified atom stereocenters. The molecule has 138 valence electrons. The fourth-order valence-corrected chi connectivity index (χ4v) is 4.32. The molecule has 4 rings (SSSR count). The van der Waals surface area contributed by atoms with Gasteiger partial charge in [-0.3, -0.25) is 19.7 Å². The molecule has 0 aromatic carbocycles. The molecule has 0 saturated carbocycles. The van der Waals surface area contributed by atoms with Crippen molar-refractivity contribution in [2.24, 2.45) is 5.41 Å². The first-order valence-electron chi connectivity index (χ1n) is 9.38. The number of aryl methyl sites for hydroxylation is 1. The van der Waals surface area contributed by atoms with Crippen LogP contribution in [-0.2, 0) is 17.9 Å². The van der Waals surface area contributed by atoms with E-state index in [1.54, 1.807) is 18.6 Å². The van der Waals surface area contributed by atoms with Crippen LogP contribution in [0.4, 0.5) is 0 Å². The number of hydrogen-bond acceptors (Lipinski definition) is 5. The molecule has 0 aliphatic carbocycles. The van der Waals surface area contributed by atoms with Crippen molar-refractivity contribution < 1.29 is 4.79 Å². The lowest BCUT2D eigenvalue weighted by Crippen LogP contribution is -2.53. The van der Waals surface area contributed by atoms with Crippen molar-refractivity contribution in [3.05, 3.63) is 42.0 Å². The van der Waals surface area contributed by atoms with Gasteiger partial charge in [0.15, 0.2) is 0 Å². The molecule has 0 bridgehead atoms. The van der Waals surface area contributed by atoms with E-state index in [0.717, 1.165) is 49.8 Å². The summed E-state index contributed by atoms with van der Waals surface area (Å²) in [5, 5.41) is 0. The van der Waals surface area contributed by atoms with E-state index in [9.17, 15) is 4.79 Å². The molecule has 4 heterocycles. The third kappa shape index (κ3) is 3.77. The minimum atomic E-state index is 0.191. The van der Waals surface area contributed by atoms with Crippen LogP contribution in [0.1, 0.15) is 42.9 Å². The highest BCUT2D eigenvalue weighted by Gasteiger charge is 2.41. The molecule has 0 radical (unpaired) electrons. The number of rotatable bonds is 4. The van der Waals surface area contributed by atoms with Crippen molar-refractivity contribution in [2.45, 2.75) is 45.7 Å². The summed E-state index contributed by atoms with van der Waals surface area (Å²) < 4.78 is 0. The van der Waals surface area contributed by atoms with Crippen molar-refractivity contribution >= 4 is 5.91 Å². The van der Waals surface area contributed by atoms with Gasteiger partial charge in [0.1, 0.15) is 5.82 Å². The fourth-order valence-electron chi connectivity index (χ4n) is 4.32. The van der Waals surface area contributed by atoms with Gasteiger partial charge in [-0.1, -0.05) is 0 Å². The molecule has 2 fully saturated rings. The number of imidazole rings is 1. The molecule has 2 saturated heterocycles. The number of aromatic nitrogens is 4. The highest BCUT2D eigenvalue weighted by molar-refractivity contribution is 5.77. The van der Waals surface area contributed by atoms with E-state index in [2.05, 4.69) is 24.8 Å². The standard InChI is InChI=1S/C19H26N6O/c1-15-9-23-16(10-22-15)11-25-14-19(5-3-18(25)26)4-2-8-24(13-19)12-17-20-6-7-21-17/h6-7,9-10H,2-5,8,11-14H2,1H3,(H,20,21)/t19-/m0/s1. The van der Waals surface area contributed by atoms with Crippen LogP contribution in [0.2, 0.25) is 0 Å². The zero-order valence-corrected chi connectivity index (χ0v) is 15.3. The minimum absolute atomic E-state index is 0.191. The number of piperidine rings is 2. The normalized spacial score (nSPS) is 24.3. The monoisotopic (exact) mass is 354 g/mol. The molecule has 2 aliphatic heterocycles. The first-order valence-corrected chi connectivity index (χ1v) is 9.38. The zero-order valence-electron chi connectivity index (χ0n) is 15.3. The number of aromatic amines is 1. The smallest absolute Gasteiger partial charge is 0.222 e. The molecule has 1 atom stereocenters. The molecule has 1 N–H and O–H groups in total. The highest BCUT2D eigenvalue weighted by atomic mass is 16.2. The second-order valence-corrected chi connectivity index (χ2v) is 7.75. The van der Waals surface area contributed by atoms with E-state index in [1.165, 1.54) is 12.8 Å². The summed E-state index contributed by atoms with van der Waals surface area (Å²) in [6, 6.07) is 0. The summed E-state index contributed by atoms with van der Waals surface area (Å²) in [7, 11) is 0. The van der Waals surface area contributed by atoms with Gasteiger partial charge in [-0.05, 0) is 32.7 Å². The van der Waals surface area contributed by atoms with Crippen LogP contribution in [-0.4, -0.2) is 55.3 Å². The zero-order chi connectivity index (χ0) is 18.0. The Kier molecular flexibility index (Phi) is 4.72. The summed E-state index contributed by atoms with van der Waals surface area (Å²) in [6.45, 7) is 6.28. The average Bonchev–Trinajstić information content (AvgIpc) is 3.14. The Hall–Kier alpha value is -2.28. The summed E-state index contributed by atoms with van der Waals surface area (Å²) in [5.41, 5.74) is 1.96. The fraction of sp³-hybridized carbons (Fsp3) is 0.579. The summed E-state index contributed by atoms with van der Waals surface area (Å²) in [4.78, 5) is 33.2. The van der Waals surface area contributed by atoms with Crippen LogP contribution >= 0.6 is 0 Å². The molecule has 7 nitrogen and oxygen atoms in total. The van der Waals surface area contributed by atoms with Crippen LogP contribution in [0.5, 0.6) is 0 Å². The van der Waals surface area contributed by atoms with Gasteiger partial charge in [0.2, 0.25) is 5.91 Å². The van der Waals surface area contributed by atoms with Gasteiger partial charge in [0.05, 0.1) is 30.7 Å². The Morgan fingerprint density at radius 2 is 2.08 bits per heavy atom. The summed E-state index contributed by atoms with van der Waals surface area (Å²) >= 11 is 0. The van der Waals surface area contributed by atoms with Gasteiger partial charge in [-0.15, -0.1) is 0 Å². The maximum absolute atomic E-state index is 12.5. The Labute approximate surface area is 153 Å². The number of carbonyl (C=O) groups is 1. The van der Waals surface area contributed by atoms with Crippen molar-refractivity contribution in [2.75, 3.05) is 19.6 Å². The lowest BCUT2D eigenvalue weighted by atomic mass is 9.73. The SMILES string of the molecule is Cc1cnc(CN2C[C@@]3(CCCN(Cc4ncc[nH]4)C3)CCC2=O)cn1. The number of hydrogen-bond donors (Lipinski definition) is 1. The van der Waals surface area contributed by atoms with E-state index in [4.69, 9.17) is 0 Å². The topological polar surface area (TPSA) is 78.0 Å². The van der Waals surface area contributed by atoms with Gasteiger partial charge in [-0.25, -0.2) is 4.98 Å². The van der Waals surface area contributed by atoms with Gasteiger partial charge in [0, 0.05) is 43.5 Å². The second-order valence-electron chi connectivity index (χ2n) is 7.75. The highest BCUT2D eigenvalue weighted by Crippen LogP contribution is 2.39. The molecular formula is C19H26N6O. The van der Waals surface area contributed by atoms with Gasteiger partial charge < -0.3 is 9.88 Å². The van der Waals surface area contributed by atoms with E-state index in [-0.39, 0.29) is 11.3 Å². The lowest BCUT2D eigenvalue weighted by molar-refractivity contribution is -0.140. The van der Waals surface area contributed by atoms with Crippen LogP contribution in [0.15, 0.2) is 24.8 Å². The van der Waals surface area contributed by atoms with Crippen molar-refractivity contribution in [3.63, 3.8) is 0 Å². The molecule has 2 aromatic heterocycles.